The number of para-hydroxylation sites is 1. The molecular weight excluding hydrogens is 304 g/mol. The topological polar surface area (TPSA) is 71.3 Å². The second kappa shape index (κ2) is 7.03. The van der Waals surface area contributed by atoms with Crippen LogP contribution in [0.5, 0.6) is 0 Å². The van der Waals surface area contributed by atoms with E-state index in [1.807, 2.05) is 36.9 Å². The van der Waals surface area contributed by atoms with Gasteiger partial charge in [0.15, 0.2) is 5.82 Å². The van der Waals surface area contributed by atoms with Crippen molar-refractivity contribution in [1.29, 1.82) is 0 Å². The van der Waals surface area contributed by atoms with Crippen molar-refractivity contribution < 1.29 is 9.32 Å². The van der Waals surface area contributed by atoms with Crippen LogP contribution in [0.15, 0.2) is 22.7 Å². The van der Waals surface area contributed by atoms with Crippen LogP contribution in [0.2, 0.25) is 0 Å². The van der Waals surface area contributed by atoms with Crippen molar-refractivity contribution in [3.05, 3.63) is 41.0 Å². The van der Waals surface area contributed by atoms with E-state index in [2.05, 4.69) is 15.5 Å². The highest BCUT2D eigenvalue weighted by molar-refractivity contribution is 5.91. The molecule has 0 spiro atoms. The Morgan fingerprint density at radius 1 is 1.21 bits per heavy atom. The maximum Gasteiger partial charge on any atom is 0.322 e. The van der Waals surface area contributed by atoms with Crippen LogP contribution < -0.4 is 5.32 Å². The van der Waals surface area contributed by atoms with E-state index in [4.69, 9.17) is 4.52 Å². The Kier molecular flexibility index (Phi) is 4.83. The molecule has 1 aliphatic heterocycles. The number of amides is 2. The fourth-order valence-corrected chi connectivity index (χ4v) is 3.26. The van der Waals surface area contributed by atoms with Crippen LogP contribution in [0.4, 0.5) is 10.5 Å². The second-order valence-corrected chi connectivity index (χ2v) is 6.43. The summed E-state index contributed by atoms with van der Waals surface area (Å²) >= 11 is 0. The Labute approximate surface area is 142 Å². The molecule has 1 saturated heterocycles. The van der Waals surface area contributed by atoms with Gasteiger partial charge in [-0.3, -0.25) is 0 Å². The van der Waals surface area contributed by atoms with Crippen molar-refractivity contribution in [3.8, 4) is 0 Å². The molecule has 0 saturated carbocycles. The number of nitrogens with one attached hydrogen (secondary N) is 1. The lowest BCUT2D eigenvalue weighted by molar-refractivity contribution is 0.184. The Morgan fingerprint density at radius 3 is 2.62 bits per heavy atom. The van der Waals surface area contributed by atoms with Gasteiger partial charge in [0.05, 0.1) is 6.04 Å². The Balaban J connectivity index is 1.84. The number of rotatable bonds is 2. The zero-order chi connectivity index (χ0) is 17.1. The van der Waals surface area contributed by atoms with E-state index in [0.29, 0.717) is 18.3 Å². The Bertz CT molecular complexity index is 705. The van der Waals surface area contributed by atoms with E-state index in [0.717, 1.165) is 42.5 Å². The normalized spacial score (nSPS) is 18.3. The first-order valence-electron chi connectivity index (χ1n) is 8.50. The summed E-state index contributed by atoms with van der Waals surface area (Å²) in [5.41, 5.74) is 3.00. The van der Waals surface area contributed by atoms with E-state index in [1.165, 1.54) is 0 Å². The second-order valence-electron chi connectivity index (χ2n) is 6.43. The van der Waals surface area contributed by atoms with E-state index in [1.54, 1.807) is 6.92 Å². The SMILES string of the molecule is Cc1nc(C2CCCCCN2C(=O)Nc2c(C)cccc2C)no1. The van der Waals surface area contributed by atoms with Gasteiger partial charge >= 0.3 is 6.03 Å². The molecule has 2 amide bonds. The van der Waals surface area contributed by atoms with Crippen LogP contribution >= 0.6 is 0 Å². The largest absolute Gasteiger partial charge is 0.340 e. The van der Waals surface area contributed by atoms with E-state index in [9.17, 15) is 4.79 Å². The van der Waals surface area contributed by atoms with Gasteiger partial charge in [0.1, 0.15) is 0 Å². The zero-order valence-electron chi connectivity index (χ0n) is 14.5. The Morgan fingerprint density at radius 2 is 1.96 bits per heavy atom. The van der Waals surface area contributed by atoms with Gasteiger partial charge in [0.2, 0.25) is 5.89 Å². The van der Waals surface area contributed by atoms with Crippen molar-refractivity contribution in [2.24, 2.45) is 0 Å². The molecule has 1 aliphatic rings. The van der Waals surface area contributed by atoms with Gasteiger partial charge < -0.3 is 14.7 Å². The van der Waals surface area contributed by atoms with E-state index in [-0.39, 0.29) is 12.1 Å². The predicted molar refractivity (Wildman–Crippen MR) is 91.9 cm³/mol. The van der Waals surface area contributed by atoms with Crippen LogP contribution in [0.1, 0.15) is 54.6 Å². The molecule has 0 radical (unpaired) electrons. The molecule has 1 unspecified atom stereocenters. The first-order chi connectivity index (χ1) is 11.6. The van der Waals surface area contributed by atoms with Gasteiger partial charge in [-0.05, 0) is 37.8 Å². The third-order valence-electron chi connectivity index (χ3n) is 4.57. The molecule has 1 aromatic heterocycles. The standard InChI is InChI=1S/C18H24N4O2/c1-12-8-7-9-13(2)16(12)20-18(23)22-11-6-4-5-10-15(22)17-19-14(3)24-21-17/h7-9,15H,4-6,10-11H2,1-3H3,(H,20,23). The smallest absolute Gasteiger partial charge is 0.322 e. The highest BCUT2D eigenvalue weighted by atomic mass is 16.5. The molecule has 128 valence electrons. The van der Waals surface area contributed by atoms with Gasteiger partial charge in [0, 0.05) is 19.2 Å². The van der Waals surface area contributed by atoms with Gasteiger partial charge in [-0.25, -0.2) is 4.79 Å². The molecule has 6 nitrogen and oxygen atoms in total. The minimum absolute atomic E-state index is 0.0956. The van der Waals surface area contributed by atoms with Crippen molar-refractivity contribution in [3.63, 3.8) is 0 Å². The number of hydrogen-bond donors (Lipinski definition) is 1. The lowest BCUT2D eigenvalue weighted by Gasteiger charge is -2.28. The number of aryl methyl sites for hydroxylation is 3. The van der Waals surface area contributed by atoms with Crippen LogP contribution in [-0.4, -0.2) is 27.6 Å². The lowest BCUT2D eigenvalue weighted by atomic mass is 10.1. The molecule has 1 N–H and O–H groups in total. The lowest BCUT2D eigenvalue weighted by Crippen LogP contribution is -2.38. The predicted octanol–water partition coefficient (Wildman–Crippen LogP) is 4.14. The summed E-state index contributed by atoms with van der Waals surface area (Å²) in [4.78, 5) is 19.1. The summed E-state index contributed by atoms with van der Waals surface area (Å²) in [7, 11) is 0. The van der Waals surface area contributed by atoms with E-state index >= 15 is 0 Å². The monoisotopic (exact) mass is 328 g/mol. The number of anilines is 1. The van der Waals surface area contributed by atoms with Gasteiger partial charge in [-0.1, -0.05) is 36.2 Å². The Hall–Kier alpha value is -2.37. The number of carbonyl (C=O) groups excluding carboxylic acids is 1. The summed E-state index contributed by atoms with van der Waals surface area (Å²) in [6.45, 7) is 6.49. The number of hydrogen-bond acceptors (Lipinski definition) is 4. The number of benzene rings is 1. The van der Waals surface area contributed by atoms with Crippen LogP contribution in [-0.2, 0) is 0 Å². The van der Waals surface area contributed by atoms with Gasteiger partial charge in [-0.2, -0.15) is 4.98 Å². The first kappa shape index (κ1) is 16.5. The third kappa shape index (κ3) is 3.42. The highest BCUT2D eigenvalue weighted by Gasteiger charge is 2.30. The average Bonchev–Trinajstić information content (AvgIpc) is 2.83. The van der Waals surface area contributed by atoms with Crippen molar-refractivity contribution in [1.82, 2.24) is 15.0 Å². The van der Waals surface area contributed by atoms with Crippen molar-refractivity contribution >= 4 is 11.7 Å². The summed E-state index contributed by atoms with van der Waals surface area (Å²) < 4.78 is 5.12. The molecular formula is C18H24N4O2. The molecule has 24 heavy (non-hydrogen) atoms. The van der Waals surface area contributed by atoms with Gasteiger partial charge in [0.25, 0.3) is 0 Å². The molecule has 1 atom stereocenters. The summed E-state index contributed by atoms with van der Waals surface area (Å²) in [5.74, 6) is 1.13. The molecule has 3 rings (SSSR count). The zero-order valence-corrected chi connectivity index (χ0v) is 14.5. The average molecular weight is 328 g/mol. The summed E-state index contributed by atoms with van der Waals surface area (Å²) in [6, 6.07) is 5.78. The number of urea groups is 1. The van der Waals surface area contributed by atoms with Gasteiger partial charge in [-0.15, -0.1) is 0 Å². The van der Waals surface area contributed by atoms with Crippen molar-refractivity contribution in [2.45, 2.75) is 52.5 Å². The summed E-state index contributed by atoms with van der Waals surface area (Å²) in [6.07, 6.45) is 4.03. The molecule has 1 aromatic carbocycles. The number of nitrogens with zero attached hydrogens (tertiary/aromatic N) is 3. The molecule has 0 bridgehead atoms. The molecule has 0 aliphatic carbocycles. The first-order valence-corrected chi connectivity index (χ1v) is 8.50. The molecule has 2 aromatic rings. The molecule has 6 heteroatoms. The minimum Gasteiger partial charge on any atom is -0.340 e. The van der Waals surface area contributed by atoms with Crippen molar-refractivity contribution in [2.75, 3.05) is 11.9 Å². The number of likely N-dealkylation sites (tertiary alicyclic amines) is 1. The van der Waals surface area contributed by atoms with Crippen LogP contribution in [0.25, 0.3) is 0 Å². The fraction of sp³-hybridized carbons (Fsp3) is 0.500. The summed E-state index contributed by atoms with van der Waals surface area (Å²) in [5, 5.41) is 7.13. The van der Waals surface area contributed by atoms with Crippen LogP contribution in [0.3, 0.4) is 0 Å². The molecule has 2 heterocycles. The maximum atomic E-state index is 12.9. The highest BCUT2D eigenvalue weighted by Crippen LogP contribution is 2.30. The number of aromatic nitrogens is 2. The maximum absolute atomic E-state index is 12.9. The van der Waals surface area contributed by atoms with E-state index < -0.39 is 0 Å². The fourth-order valence-electron chi connectivity index (χ4n) is 3.26. The molecule has 1 fully saturated rings. The number of carbonyl (C=O) groups is 1. The third-order valence-corrected chi connectivity index (χ3v) is 4.57. The van der Waals surface area contributed by atoms with Crippen LogP contribution in [0, 0.1) is 20.8 Å². The minimum atomic E-state index is -0.130. The quantitative estimate of drug-likeness (QED) is 0.899.